The molecule has 0 N–H and O–H groups in total. The van der Waals surface area contributed by atoms with Crippen molar-refractivity contribution in [1.29, 1.82) is 0 Å². The molecule has 6 aromatic carbocycles. The van der Waals surface area contributed by atoms with Gasteiger partial charge in [-0.15, -0.1) is 0 Å². The van der Waals surface area contributed by atoms with Gasteiger partial charge in [0, 0.05) is 43.3 Å². The summed E-state index contributed by atoms with van der Waals surface area (Å²) in [5.74, 6) is 0. The van der Waals surface area contributed by atoms with E-state index >= 15 is 0 Å². The van der Waals surface area contributed by atoms with E-state index in [1.165, 1.54) is 54.6 Å². The van der Waals surface area contributed by atoms with E-state index < -0.39 is 0 Å². The highest BCUT2D eigenvalue weighted by atomic mass is 32.2. The average molecular weight is 540 g/mol. The third-order valence-corrected chi connectivity index (χ3v) is 9.94. The fourth-order valence-electron chi connectivity index (χ4n) is 7.21. The van der Waals surface area contributed by atoms with E-state index in [1.54, 1.807) is 0 Å². The third kappa shape index (κ3) is 2.81. The molecule has 0 radical (unpaired) electrons. The van der Waals surface area contributed by atoms with E-state index in [0.717, 1.165) is 27.6 Å². The monoisotopic (exact) mass is 540 g/mol. The Balaban J connectivity index is 1.28. The third-order valence-electron chi connectivity index (χ3n) is 8.83. The van der Waals surface area contributed by atoms with Crippen molar-refractivity contribution in [1.82, 2.24) is 0 Å². The molecule has 4 heterocycles. The van der Waals surface area contributed by atoms with Crippen molar-refractivity contribution in [2.24, 2.45) is 0 Å². The lowest BCUT2D eigenvalue weighted by Gasteiger charge is -2.46. The summed E-state index contributed by atoms with van der Waals surface area (Å²) in [6.07, 6.45) is 0. The van der Waals surface area contributed by atoms with E-state index in [9.17, 15) is 0 Å². The van der Waals surface area contributed by atoms with Crippen molar-refractivity contribution in [2.45, 2.75) is 9.79 Å². The zero-order valence-corrected chi connectivity index (χ0v) is 22.7. The second-order valence-corrected chi connectivity index (χ2v) is 12.0. The van der Waals surface area contributed by atoms with Gasteiger partial charge in [0.1, 0.15) is 11.2 Å². The van der Waals surface area contributed by atoms with Crippen LogP contribution >= 0.6 is 11.8 Å². The minimum Gasteiger partial charge on any atom is -0.456 e. The maximum atomic E-state index is 6.19. The van der Waals surface area contributed by atoms with Gasteiger partial charge in [0.2, 0.25) is 0 Å². The van der Waals surface area contributed by atoms with Gasteiger partial charge >= 0.3 is 0 Å². The molecule has 7 aromatic rings. The molecular formula is C36H21BN2OS. The molecule has 0 fully saturated rings. The van der Waals surface area contributed by atoms with Crippen LogP contribution in [0.25, 0.3) is 21.9 Å². The van der Waals surface area contributed by atoms with Crippen molar-refractivity contribution in [3.8, 4) is 0 Å². The molecule has 0 unspecified atom stereocenters. The highest BCUT2D eigenvalue weighted by Gasteiger charge is 2.44. The molecule has 5 heteroatoms. The van der Waals surface area contributed by atoms with Gasteiger partial charge in [0.05, 0.1) is 11.4 Å². The lowest BCUT2D eigenvalue weighted by molar-refractivity contribution is 0.669. The number of benzene rings is 6. The fourth-order valence-corrected chi connectivity index (χ4v) is 8.31. The molecule has 190 valence electrons. The molecule has 0 bridgehead atoms. The van der Waals surface area contributed by atoms with Gasteiger partial charge in [-0.1, -0.05) is 78.5 Å². The standard InChI is InChI=1S/C36H21BN2OS/c1-5-16-31-23(9-1)24-21-22(19-20-32(24)40-31)38-27-12-3-2-10-25(27)37-26-11-7-18-34-36(26)39(28-13-4-6-17-33(28)41-34)30-15-8-14-29(38)35(30)37/h1-21H. The zero-order chi connectivity index (χ0) is 26.7. The number of anilines is 6. The van der Waals surface area contributed by atoms with Gasteiger partial charge in [-0.3, -0.25) is 0 Å². The number of nitrogens with zero attached hydrogens (tertiary/aromatic N) is 2. The summed E-state index contributed by atoms with van der Waals surface area (Å²) >= 11 is 1.88. The van der Waals surface area contributed by atoms with Gasteiger partial charge in [0.15, 0.2) is 0 Å². The molecule has 3 aliphatic rings. The average Bonchev–Trinajstić information content (AvgIpc) is 3.40. The van der Waals surface area contributed by atoms with E-state index in [4.69, 9.17) is 4.42 Å². The minimum absolute atomic E-state index is 0.157. The molecule has 3 nitrogen and oxygen atoms in total. The van der Waals surface area contributed by atoms with Crippen LogP contribution in [0.1, 0.15) is 0 Å². The predicted octanol–water partition coefficient (Wildman–Crippen LogP) is 8.13. The highest BCUT2D eigenvalue weighted by Crippen LogP contribution is 2.53. The van der Waals surface area contributed by atoms with Crippen LogP contribution in [0.4, 0.5) is 34.1 Å². The highest BCUT2D eigenvalue weighted by molar-refractivity contribution is 7.99. The van der Waals surface area contributed by atoms with Crippen LogP contribution in [-0.2, 0) is 0 Å². The quantitative estimate of drug-likeness (QED) is 0.196. The maximum absolute atomic E-state index is 6.19. The molecule has 1 aromatic heterocycles. The molecule has 3 aliphatic heterocycles. The first-order valence-corrected chi connectivity index (χ1v) is 14.8. The number of fused-ring (bicyclic) bond motifs is 9. The maximum Gasteiger partial charge on any atom is 0.252 e. The molecule has 0 saturated carbocycles. The molecule has 41 heavy (non-hydrogen) atoms. The zero-order valence-electron chi connectivity index (χ0n) is 21.9. The Bertz CT molecular complexity index is 2240. The molecule has 0 saturated heterocycles. The first-order chi connectivity index (χ1) is 20.3. The van der Waals surface area contributed by atoms with Crippen LogP contribution in [0.3, 0.4) is 0 Å². The SMILES string of the molecule is c1ccc2c(c1)Sc1cccc3c1N2c1cccc2c1B3c1ccccc1N2c1ccc2oc3ccccc3c2c1. The Labute approximate surface area is 241 Å². The second-order valence-electron chi connectivity index (χ2n) is 10.9. The van der Waals surface area contributed by atoms with Crippen molar-refractivity contribution < 1.29 is 4.42 Å². The Morgan fingerprint density at radius 2 is 1.20 bits per heavy atom. The summed E-state index contributed by atoms with van der Waals surface area (Å²) in [5, 5.41) is 2.28. The van der Waals surface area contributed by atoms with Crippen LogP contribution in [0, 0.1) is 0 Å². The Kier molecular flexibility index (Phi) is 4.20. The Morgan fingerprint density at radius 1 is 0.512 bits per heavy atom. The van der Waals surface area contributed by atoms with Crippen LogP contribution in [0.5, 0.6) is 0 Å². The molecule has 0 aliphatic carbocycles. The smallest absolute Gasteiger partial charge is 0.252 e. The van der Waals surface area contributed by atoms with E-state index in [2.05, 4.69) is 125 Å². The van der Waals surface area contributed by atoms with Crippen molar-refractivity contribution in [3.63, 3.8) is 0 Å². The Morgan fingerprint density at radius 3 is 2.15 bits per heavy atom. The first-order valence-electron chi connectivity index (χ1n) is 14.0. The largest absolute Gasteiger partial charge is 0.456 e. The summed E-state index contributed by atoms with van der Waals surface area (Å²) in [6.45, 7) is 0.157. The summed E-state index contributed by atoms with van der Waals surface area (Å²) < 4.78 is 6.19. The number of para-hydroxylation sites is 4. The summed E-state index contributed by atoms with van der Waals surface area (Å²) in [6, 6.07) is 46.3. The minimum atomic E-state index is 0.157. The number of hydrogen-bond acceptors (Lipinski definition) is 4. The van der Waals surface area contributed by atoms with Gasteiger partial charge in [0.25, 0.3) is 6.71 Å². The van der Waals surface area contributed by atoms with Crippen LogP contribution in [0.2, 0.25) is 0 Å². The second kappa shape index (κ2) is 7.87. The predicted molar refractivity (Wildman–Crippen MR) is 172 cm³/mol. The fraction of sp³-hybridized carbons (Fsp3) is 0. The summed E-state index contributed by atoms with van der Waals surface area (Å²) in [4.78, 5) is 7.56. The van der Waals surface area contributed by atoms with Crippen molar-refractivity contribution >= 4 is 90.9 Å². The molecule has 10 rings (SSSR count). The number of hydrogen-bond donors (Lipinski definition) is 0. The lowest BCUT2D eigenvalue weighted by Crippen LogP contribution is -2.61. The molecular weight excluding hydrogens is 519 g/mol. The molecule has 0 atom stereocenters. The van der Waals surface area contributed by atoms with E-state index in [0.29, 0.717) is 0 Å². The van der Waals surface area contributed by atoms with Crippen LogP contribution < -0.4 is 26.2 Å². The topological polar surface area (TPSA) is 19.6 Å². The summed E-state index contributed by atoms with van der Waals surface area (Å²) in [7, 11) is 0. The van der Waals surface area contributed by atoms with Crippen LogP contribution in [-0.4, -0.2) is 6.71 Å². The Hall–Kier alpha value is -4.87. The van der Waals surface area contributed by atoms with Crippen LogP contribution in [0.15, 0.2) is 142 Å². The van der Waals surface area contributed by atoms with Gasteiger partial charge in [-0.25, -0.2) is 0 Å². The van der Waals surface area contributed by atoms with Gasteiger partial charge in [-0.2, -0.15) is 0 Å². The normalized spacial score (nSPS) is 14.1. The summed E-state index contributed by atoms with van der Waals surface area (Å²) in [5.41, 5.74) is 13.3. The van der Waals surface area contributed by atoms with Crippen molar-refractivity contribution in [2.75, 3.05) is 9.80 Å². The first kappa shape index (κ1) is 21.9. The number of rotatable bonds is 1. The molecule has 0 spiro atoms. The lowest BCUT2D eigenvalue weighted by atomic mass is 9.33. The molecule has 0 amide bonds. The van der Waals surface area contributed by atoms with Gasteiger partial charge in [-0.05, 0) is 77.1 Å². The van der Waals surface area contributed by atoms with Gasteiger partial charge < -0.3 is 14.2 Å². The van der Waals surface area contributed by atoms with E-state index in [-0.39, 0.29) is 6.71 Å². The van der Waals surface area contributed by atoms with E-state index in [1.807, 2.05) is 23.9 Å². The van der Waals surface area contributed by atoms with Crippen molar-refractivity contribution in [3.05, 3.63) is 127 Å². The number of furan rings is 1.